The molecule has 0 saturated carbocycles. The Kier molecular flexibility index (Phi) is 38.4. The summed E-state index contributed by atoms with van der Waals surface area (Å²) in [6.45, 7) is 54.9. The van der Waals surface area contributed by atoms with Crippen LogP contribution in [0.15, 0.2) is 167 Å². The Bertz CT molecular complexity index is 4620. The number of alkyl halides is 2. The van der Waals surface area contributed by atoms with Crippen LogP contribution in [-0.2, 0) is 4.74 Å². The maximum atomic E-state index is 12.8. The summed E-state index contributed by atoms with van der Waals surface area (Å²) in [5.41, 5.74) is 25.8. The van der Waals surface area contributed by atoms with Crippen LogP contribution in [0, 0.1) is 34.6 Å². The number of phenolic OH excluding ortho intramolecular Hbond substituents is 2. The summed E-state index contributed by atoms with van der Waals surface area (Å²) in [5, 5.41) is 45.6. The fraction of sp³-hybridized carbons (Fsp3) is 0.423. The molecule has 0 fully saturated rings. The molecule has 118 heavy (non-hydrogen) atoms. The third-order valence-corrected chi connectivity index (χ3v) is 24.3. The molecule has 0 atom stereocenters. The van der Waals surface area contributed by atoms with E-state index >= 15 is 0 Å². The molecule has 10 nitrogen and oxygen atoms in total. The fourth-order valence-corrected chi connectivity index (χ4v) is 17.6. The van der Waals surface area contributed by atoms with E-state index in [1.165, 1.54) is 66.5 Å². The van der Waals surface area contributed by atoms with Crippen molar-refractivity contribution in [3.8, 4) is 95.9 Å². The molecule has 0 amide bonds. The molecule has 0 aliphatic carbocycles. The van der Waals surface area contributed by atoms with Crippen molar-refractivity contribution < 1.29 is 69.9 Å². The summed E-state index contributed by atoms with van der Waals surface area (Å²) >= 11 is 7.64. The van der Waals surface area contributed by atoms with E-state index in [0.717, 1.165) is 99.4 Å². The minimum atomic E-state index is -1.62. The minimum Gasteiger partial charge on any atom is -0.507 e. The molecule has 10 aromatic carbocycles. The zero-order valence-electron chi connectivity index (χ0n) is 75.5. The molecule has 0 heterocycles. The van der Waals surface area contributed by atoms with E-state index in [4.69, 9.17) is 28.4 Å². The van der Waals surface area contributed by atoms with Crippen LogP contribution in [0.2, 0.25) is 0 Å². The van der Waals surface area contributed by atoms with E-state index in [1.807, 2.05) is 86.6 Å². The third kappa shape index (κ3) is 26.2. The second-order valence-electron chi connectivity index (χ2n) is 34.1. The van der Waals surface area contributed by atoms with Gasteiger partial charge in [0.15, 0.2) is 6.79 Å². The van der Waals surface area contributed by atoms with Crippen molar-refractivity contribution in [2.45, 2.75) is 239 Å². The molecule has 4 N–H and O–H groups in total. The SMILES string of the molecule is CCC[I-]C.COCOc1c(B(O)O)cc(C)cc1-c1c(C(C)C)cc(C(C)C)cc1C(C)C.Cc1cc(-c2cc(C)cc(-c3cc(C)cc(-c4c(C(C)C)cc(C(C)C)cc4C(C)C)c3O)c2OCCCOc2ccccc2)c(O)c(-c2c(C(C)C)cc(C(C)C)cc2C(C)C)c1.Cc1cc(Br)c(OCCCOc2ccccc2)c(Br)c1. The Morgan fingerprint density at radius 3 is 0.949 bits per heavy atom. The normalized spacial score (nSPS) is 11.4. The van der Waals surface area contributed by atoms with Gasteiger partial charge in [-0.2, -0.15) is 0 Å². The summed E-state index contributed by atoms with van der Waals surface area (Å²) in [6, 6.07) is 54.2. The van der Waals surface area contributed by atoms with Crippen LogP contribution in [0.1, 0.15) is 282 Å². The van der Waals surface area contributed by atoms with Gasteiger partial charge in [-0.15, -0.1) is 0 Å². The zero-order valence-corrected chi connectivity index (χ0v) is 80.9. The van der Waals surface area contributed by atoms with E-state index in [-0.39, 0.29) is 42.0 Å². The van der Waals surface area contributed by atoms with Crippen LogP contribution in [0.4, 0.5) is 0 Å². The molecular weight excluding hydrogens is 1710 g/mol. The Hall–Kier alpha value is -7.57. The molecule has 14 heteroatoms. The first-order chi connectivity index (χ1) is 55.9. The number of phenols is 2. The summed E-state index contributed by atoms with van der Waals surface area (Å²) in [5.74, 6) is 6.84. The smallest absolute Gasteiger partial charge is 0.492 e. The molecule has 0 unspecified atom stereocenters. The molecular formula is C104H135BBr2IO10-. The van der Waals surface area contributed by atoms with E-state index in [1.54, 1.807) is 13.2 Å². The quantitative estimate of drug-likeness (QED) is 0.0106. The van der Waals surface area contributed by atoms with Crippen LogP contribution in [0.5, 0.6) is 40.2 Å². The van der Waals surface area contributed by atoms with Crippen molar-refractivity contribution in [3.05, 3.63) is 245 Å². The van der Waals surface area contributed by atoms with E-state index in [0.29, 0.717) is 112 Å². The van der Waals surface area contributed by atoms with Crippen molar-refractivity contribution in [2.75, 3.05) is 49.7 Å². The number of aryl methyl sites for hydroxylation is 5. The van der Waals surface area contributed by atoms with Crippen molar-refractivity contribution >= 4 is 44.4 Å². The minimum absolute atomic E-state index is 0.0356. The van der Waals surface area contributed by atoms with Gasteiger partial charge in [-0.1, -0.05) is 209 Å². The van der Waals surface area contributed by atoms with E-state index in [2.05, 4.69) is 268 Å². The molecule has 0 bridgehead atoms. The van der Waals surface area contributed by atoms with E-state index in [9.17, 15) is 20.3 Å². The predicted octanol–water partition coefficient (Wildman–Crippen LogP) is 25.5. The van der Waals surface area contributed by atoms with Gasteiger partial charge in [0, 0.05) is 64.4 Å². The van der Waals surface area contributed by atoms with Gasteiger partial charge >= 0.3 is 51.0 Å². The van der Waals surface area contributed by atoms with Crippen molar-refractivity contribution in [1.82, 2.24) is 0 Å². The van der Waals surface area contributed by atoms with Crippen LogP contribution >= 0.6 is 31.9 Å². The maximum Gasteiger partial charge on any atom is 0.492 e. The third-order valence-electron chi connectivity index (χ3n) is 21.0. The van der Waals surface area contributed by atoms with E-state index < -0.39 is 7.12 Å². The van der Waals surface area contributed by atoms with Gasteiger partial charge < -0.3 is 48.7 Å². The van der Waals surface area contributed by atoms with Crippen LogP contribution in [-0.4, -0.2) is 77.1 Å². The molecule has 0 aliphatic heterocycles. The Morgan fingerprint density at radius 1 is 0.347 bits per heavy atom. The summed E-state index contributed by atoms with van der Waals surface area (Å²) < 4.78 is 38.9. The number of hydrogen-bond donors (Lipinski definition) is 4. The number of para-hydroxylation sites is 2. The average Bonchev–Trinajstić information content (AvgIpc) is 0.755. The summed E-state index contributed by atoms with van der Waals surface area (Å²) in [4.78, 5) is 2.32. The Labute approximate surface area is 737 Å². The largest absolute Gasteiger partial charge is 0.507 e. The van der Waals surface area contributed by atoms with Gasteiger partial charge in [0.2, 0.25) is 0 Å². The number of benzene rings is 10. The number of hydrogen-bond acceptors (Lipinski definition) is 10. The molecule has 0 aromatic heterocycles. The maximum absolute atomic E-state index is 12.8. The number of ether oxygens (including phenoxy) is 6. The molecule has 0 spiro atoms. The van der Waals surface area contributed by atoms with Crippen molar-refractivity contribution in [3.63, 3.8) is 0 Å². The molecule has 0 saturated heterocycles. The number of aromatic hydroxyl groups is 2. The van der Waals surface area contributed by atoms with Gasteiger partial charge in [0.25, 0.3) is 0 Å². The first kappa shape index (κ1) is 97.6. The molecule has 10 rings (SSSR count). The standard InChI is InChI=1S/C60H74O4.C24H35BO4.C16H16Br2O2.C4H10I/c1-34(2)43-30-46(36(5)6)56(47(31-43)37(7)8)54-28-40(13)24-50(58(54)61)52-26-42(15)27-53(60(52)64-23-19-22-63-45-20-17-16-18-21-45)51-25-41(14)29-55(59(51)62)57-48(38(9)10)32-44(35(3)4)33-49(57)39(11)12;1-14(2)18-11-19(15(3)4)23(20(12-18)16(5)6)21-9-17(7)10-22(25(26)27)24(21)29-13-28-8;1-12-10-14(17)16(15(18)11-12)20-9-5-8-19-13-6-3-2-4-7-13;1-3-4-5-2/h16-18,20-21,24-39,61-62H,19,22-23H2,1-15H3;9-12,14-16,26-27H,13H2,1-8H3;2-4,6-7,10-11H,5,8-9H2,1H3;3-4H2,1-2H3/q;;;-1. The van der Waals surface area contributed by atoms with Gasteiger partial charge in [0.05, 0.1) is 35.4 Å². The fourth-order valence-electron chi connectivity index (χ4n) is 14.8. The van der Waals surface area contributed by atoms with Crippen molar-refractivity contribution in [2.24, 2.45) is 0 Å². The topological polar surface area (TPSA) is 136 Å². The monoisotopic (exact) mass is 1840 g/mol. The van der Waals surface area contributed by atoms with Crippen LogP contribution < -0.4 is 50.4 Å². The molecule has 0 aliphatic rings. The van der Waals surface area contributed by atoms with Gasteiger partial charge in [-0.3, -0.25) is 0 Å². The van der Waals surface area contributed by atoms with Crippen molar-refractivity contribution in [1.29, 1.82) is 0 Å². The molecule has 10 aromatic rings. The van der Waals surface area contributed by atoms with Gasteiger partial charge in [-0.25, -0.2) is 0 Å². The number of halogens is 3. The van der Waals surface area contributed by atoms with Crippen LogP contribution in [0.25, 0.3) is 55.6 Å². The average molecular weight is 1840 g/mol. The van der Waals surface area contributed by atoms with Crippen LogP contribution in [0.3, 0.4) is 0 Å². The van der Waals surface area contributed by atoms with Gasteiger partial charge in [-0.05, 0) is 288 Å². The van der Waals surface area contributed by atoms with Gasteiger partial charge in [0.1, 0.15) is 40.2 Å². The zero-order chi connectivity index (χ0) is 87.1. The first-order valence-electron chi connectivity index (χ1n) is 42.4. The number of methoxy groups -OCH3 is 1. The molecule has 0 radical (unpaired) electrons. The summed E-state index contributed by atoms with van der Waals surface area (Å²) in [7, 11) is -0.0696. The number of rotatable bonds is 32. The predicted molar refractivity (Wildman–Crippen MR) is 503 cm³/mol. The summed E-state index contributed by atoms with van der Waals surface area (Å²) in [6.07, 6.45) is 2.86. The Morgan fingerprint density at radius 2 is 0.644 bits per heavy atom. The second kappa shape index (κ2) is 46.5. The molecule has 636 valence electrons. The first-order valence-corrected chi connectivity index (χ1v) is 47.7. The Balaban J connectivity index is 0.000000289. The second-order valence-corrected chi connectivity index (χ2v) is 38.4.